The van der Waals surface area contributed by atoms with Gasteiger partial charge in [0.2, 0.25) is 0 Å². The SMILES string of the molecule is O=C(OCC1CCCCCC1)C1CCNCC1. The fourth-order valence-corrected chi connectivity index (χ4v) is 2.91. The first kappa shape index (κ1) is 12.9. The molecule has 1 aliphatic carbocycles. The van der Waals surface area contributed by atoms with Crippen molar-refractivity contribution in [3.05, 3.63) is 0 Å². The average molecular weight is 239 g/mol. The highest BCUT2D eigenvalue weighted by Gasteiger charge is 2.23. The Balaban J connectivity index is 1.67. The Kier molecular flexibility index (Phi) is 5.30. The number of rotatable bonds is 3. The second-order valence-corrected chi connectivity index (χ2v) is 5.51. The first-order valence-electron chi connectivity index (χ1n) is 7.23. The van der Waals surface area contributed by atoms with Gasteiger partial charge >= 0.3 is 5.97 Å². The smallest absolute Gasteiger partial charge is 0.309 e. The van der Waals surface area contributed by atoms with Gasteiger partial charge in [0, 0.05) is 0 Å². The molecule has 0 atom stereocenters. The summed E-state index contributed by atoms with van der Waals surface area (Å²) in [5.41, 5.74) is 0. The Hall–Kier alpha value is -0.570. The van der Waals surface area contributed by atoms with E-state index < -0.39 is 0 Å². The van der Waals surface area contributed by atoms with Crippen LogP contribution >= 0.6 is 0 Å². The van der Waals surface area contributed by atoms with E-state index in [4.69, 9.17) is 4.74 Å². The molecule has 0 unspecified atom stereocenters. The van der Waals surface area contributed by atoms with Crippen LogP contribution in [0.5, 0.6) is 0 Å². The van der Waals surface area contributed by atoms with Crippen molar-refractivity contribution in [3.63, 3.8) is 0 Å². The zero-order valence-electron chi connectivity index (χ0n) is 10.7. The van der Waals surface area contributed by atoms with Crippen molar-refractivity contribution in [2.45, 2.75) is 51.4 Å². The van der Waals surface area contributed by atoms with Crippen molar-refractivity contribution in [1.29, 1.82) is 0 Å². The fraction of sp³-hybridized carbons (Fsp3) is 0.929. The van der Waals surface area contributed by atoms with Gasteiger partial charge in [-0.25, -0.2) is 0 Å². The summed E-state index contributed by atoms with van der Waals surface area (Å²) in [4.78, 5) is 11.9. The number of ether oxygens (including phenoxy) is 1. The van der Waals surface area contributed by atoms with E-state index in [1.165, 1.54) is 38.5 Å². The molecule has 1 saturated carbocycles. The van der Waals surface area contributed by atoms with E-state index in [9.17, 15) is 4.79 Å². The summed E-state index contributed by atoms with van der Waals surface area (Å²) < 4.78 is 5.51. The molecule has 0 aromatic carbocycles. The van der Waals surface area contributed by atoms with E-state index in [0.717, 1.165) is 25.9 Å². The number of esters is 1. The molecule has 1 N–H and O–H groups in total. The summed E-state index contributed by atoms with van der Waals surface area (Å²) in [7, 11) is 0. The molecule has 2 rings (SSSR count). The molecule has 0 radical (unpaired) electrons. The van der Waals surface area contributed by atoms with Crippen LogP contribution in [0.15, 0.2) is 0 Å². The first-order valence-corrected chi connectivity index (χ1v) is 7.23. The largest absolute Gasteiger partial charge is 0.465 e. The molecule has 98 valence electrons. The van der Waals surface area contributed by atoms with Crippen LogP contribution in [-0.4, -0.2) is 25.7 Å². The van der Waals surface area contributed by atoms with Gasteiger partial charge in [0.15, 0.2) is 0 Å². The summed E-state index contributed by atoms with van der Waals surface area (Å²) >= 11 is 0. The second kappa shape index (κ2) is 7.00. The Morgan fingerprint density at radius 3 is 2.29 bits per heavy atom. The Morgan fingerprint density at radius 2 is 1.65 bits per heavy atom. The van der Waals surface area contributed by atoms with Gasteiger partial charge < -0.3 is 10.1 Å². The predicted molar refractivity (Wildman–Crippen MR) is 67.7 cm³/mol. The zero-order valence-corrected chi connectivity index (χ0v) is 10.7. The van der Waals surface area contributed by atoms with Crippen LogP contribution in [0, 0.1) is 11.8 Å². The third kappa shape index (κ3) is 4.30. The highest BCUT2D eigenvalue weighted by atomic mass is 16.5. The van der Waals surface area contributed by atoms with Gasteiger partial charge in [-0.2, -0.15) is 0 Å². The van der Waals surface area contributed by atoms with E-state index in [1.807, 2.05) is 0 Å². The van der Waals surface area contributed by atoms with Crippen molar-refractivity contribution in [3.8, 4) is 0 Å². The Morgan fingerprint density at radius 1 is 1.00 bits per heavy atom. The molecule has 2 fully saturated rings. The van der Waals surface area contributed by atoms with E-state index in [2.05, 4.69) is 5.32 Å². The molecule has 0 amide bonds. The molecule has 1 saturated heterocycles. The highest BCUT2D eigenvalue weighted by Crippen LogP contribution is 2.23. The topological polar surface area (TPSA) is 38.3 Å². The Labute approximate surface area is 104 Å². The molecule has 1 aliphatic heterocycles. The summed E-state index contributed by atoms with van der Waals surface area (Å²) in [6, 6.07) is 0. The van der Waals surface area contributed by atoms with E-state index in [1.54, 1.807) is 0 Å². The van der Waals surface area contributed by atoms with Gasteiger partial charge in [-0.3, -0.25) is 4.79 Å². The maximum Gasteiger partial charge on any atom is 0.309 e. The van der Waals surface area contributed by atoms with Crippen LogP contribution in [0.1, 0.15) is 51.4 Å². The van der Waals surface area contributed by atoms with Gasteiger partial charge in [0.05, 0.1) is 12.5 Å². The standard InChI is InChI=1S/C14H25NO2/c16-14(13-7-9-15-10-8-13)17-11-12-5-3-1-2-4-6-12/h12-13,15H,1-11H2. The first-order chi connectivity index (χ1) is 8.36. The normalized spacial score (nSPS) is 24.2. The quantitative estimate of drug-likeness (QED) is 0.607. The van der Waals surface area contributed by atoms with Crippen molar-refractivity contribution >= 4 is 5.97 Å². The van der Waals surface area contributed by atoms with E-state index in [-0.39, 0.29) is 11.9 Å². The van der Waals surface area contributed by atoms with Gasteiger partial charge in [0.1, 0.15) is 0 Å². The molecule has 1 heterocycles. The summed E-state index contributed by atoms with van der Waals surface area (Å²) in [5.74, 6) is 0.834. The molecule has 0 bridgehead atoms. The molecule has 0 aromatic rings. The number of hydrogen-bond acceptors (Lipinski definition) is 3. The monoisotopic (exact) mass is 239 g/mol. The predicted octanol–water partition coefficient (Wildman–Crippen LogP) is 2.50. The summed E-state index contributed by atoms with van der Waals surface area (Å²) in [6.07, 6.45) is 9.74. The average Bonchev–Trinajstić information content (AvgIpc) is 2.65. The molecule has 0 aromatic heterocycles. The fourth-order valence-electron chi connectivity index (χ4n) is 2.91. The minimum absolute atomic E-state index is 0.0516. The third-order valence-corrected chi connectivity index (χ3v) is 4.11. The van der Waals surface area contributed by atoms with Gasteiger partial charge in [0.25, 0.3) is 0 Å². The lowest BCUT2D eigenvalue weighted by atomic mass is 9.98. The van der Waals surface area contributed by atoms with Gasteiger partial charge in [-0.15, -0.1) is 0 Å². The number of hydrogen-bond donors (Lipinski definition) is 1. The van der Waals surface area contributed by atoms with Gasteiger partial charge in [-0.05, 0) is 44.7 Å². The van der Waals surface area contributed by atoms with Crippen LogP contribution in [0.25, 0.3) is 0 Å². The van der Waals surface area contributed by atoms with Crippen LogP contribution in [0.3, 0.4) is 0 Å². The molecule has 2 aliphatic rings. The van der Waals surface area contributed by atoms with Crippen molar-refractivity contribution in [2.75, 3.05) is 19.7 Å². The maximum absolute atomic E-state index is 11.9. The van der Waals surface area contributed by atoms with Crippen LogP contribution < -0.4 is 5.32 Å². The highest BCUT2D eigenvalue weighted by molar-refractivity contribution is 5.72. The lowest BCUT2D eigenvalue weighted by Crippen LogP contribution is -2.33. The molecular formula is C14H25NO2. The molecule has 3 heteroatoms. The molecule has 17 heavy (non-hydrogen) atoms. The Bertz CT molecular complexity index is 228. The number of carbonyl (C=O) groups is 1. The van der Waals surface area contributed by atoms with Crippen molar-refractivity contribution in [2.24, 2.45) is 11.8 Å². The molecule has 0 spiro atoms. The summed E-state index contributed by atoms with van der Waals surface area (Å²) in [6.45, 7) is 2.59. The van der Waals surface area contributed by atoms with Crippen LogP contribution in [-0.2, 0) is 9.53 Å². The number of nitrogens with one attached hydrogen (secondary N) is 1. The zero-order chi connectivity index (χ0) is 11.9. The maximum atomic E-state index is 11.9. The lowest BCUT2D eigenvalue weighted by molar-refractivity contribution is -0.151. The van der Waals surface area contributed by atoms with E-state index >= 15 is 0 Å². The number of carbonyl (C=O) groups excluding carboxylic acids is 1. The van der Waals surface area contributed by atoms with Crippen LogP contribution in [0.2, 0.25) is 0 Å². The van der Waals surface area contributed by atoms with Crippen molar-refractivity contribution in [1.82, 2.24) is 5.32 Å². The minimum Gasteiger partial charge on any atom is -0.465 e. The number of piperidine rings is 1. The van der Waals surface area contributed by atoms with Crippen molar-refractivity contribution < 1.29 is 9.53 Å². The molecular weight excluding hydrogens is 214 g/mol. The summed E-state index contributed by atoms with van der Waals surface area (Å²) in [5, 5.41) is 3.28. The lowest BCUT2D eigenvalue weighted by Gasteiger charge is -2.22. The van der Waals surface area contributed by atoms with Crippen LogP contribution in [0.4, 0.5) is 0 Å². The molecule has 3 nitrogen and oxygen atoms in total. The van der Waals surface area contributed by atoms with Gasteiger partial charge in [-0.1, -0.05) is 25.7 Å². The minimum atomic E-state index is 0.0516. The second-order valence-electron chi connectivity index (χ2n) is 5.51. The van der Waals surface area contributed by atoms with E-state index in [0.29, 0.717) is 12.5 Å². The third-order valence-electron chi connectivity index (χ3n) is 4.11.